The van der Waals surface area contributed by atoms with Crippen LogP contribution in [-0.2, 0) is 6.61 Å². The van der Waals surface area contributed by atoms with E-state index in [0.29, 0.717) is 15.9 Å². The molecular formula is C13H9FI2O. The summed E-state index contributed by atoms with van der Waals surface area (Å²) in [6.45, 7) is 0.383. The molecule has 4 heteroatoms. The number of hydrogen-bond donors (Lipinski definition) is 0. The van der Waals surface area contributed by atoms with Gasteiger partial charge in [0.1, 0.15) is 6.61 Å². The first-order valence-electron chi connectivity index (χ1n) is 4.98. The molecule has 0 unspecified atom stereocenters. The molecule has 88 valence electrons. The molecule has 0 bridgehead atoms. The van der Waals surface area contributed by atoms with Gasteiger partial charge in [0.15, 0.2) is 11.6 Å². The maximum Gasteiger partial charge on any atom is 0.179 e. The Bertz CT molecular complexity index is 514. The van der Waals surface area contributed by atoms with Gasteiger partial charge < -0.3 is 4.74 Å². The summed E-state index contributed by atoms with van der Waals surface area (Å²) in [6, 6.07) is 13.3. The first-order chi connectivity index (χ1) is 8.18. The van der Waals surface area contributed by atoms with E-state index < -0.39 is 0 Å². The lowest BCUT2D eigenvalue weighted by Gasteiger charge is -2.10. The average Bonchev–Trinajstić information content (AvgIpc) is 2.35. The fraction of sp³-hybridized carbons (Fsp3) is 0.0769. The van der Waals surface area contributed by atoms with Crippen molar-refractivity contribution in [3.63, 3.8) is 0 Å². The van der Waals surface area contributed by atoms with Crippen molar-refractivity contribution < 1.29 is 9.13 Å². The molecule has 0 aliphatic rings. The third-order valence-electron chi connectivity index (χ3n) is 2.23. The van der Waals surface area contributed by atoms with Crippen LogP contribution in [0.15, 0.2) is 42.5 Å². The smallest absolute Gasteiger partial charge is 0.179 e. The zero-order valence-corrected chi connectivity index (χ0v) is 13.1. The molecule has 0 heterocycles. The van der Waals surface area contributed by atoms with Crippen LogP contribution in [0.25, 0.3) is 0 Å². The largest absolute Gasteiger partial charge is 0.485 e. The number of benzene rings is 2. The predicted octanol–water partition coefficient (Wildman–Crippen LogP) is 4.61. The molecule has 0 saturated heterocycles. The van der Waals surface area contributed by atoms with Crippen molar-refractivity contribution >= 4 is 45.2 Å². The molecule has 0 aliphatic heterocycles. The van der Waals surface area contributed by atoms with Crippen LogP contribution >= 0.6 is 45.2 Å². The third-order valence-corrected chi connectivity index (χ3v) is 3.91. The maximum absolute atomic E-state index is 13.8. The standard InChI is InChI=1S/C13H9FI2O/c14-12-10(15)6-7-11(16)13(12)17-8-9-4-2-1-3-5-9/h1-7H,8H2. The third kappa shape index (κ3) is 3.31. The Labute approximate surface area is 127 Å². The number of rotatable bonds is 3. The lowest BCUT2D eigenvalue weighted by molar-refractivity contribution is 0.287. The highest BCUT2D eigenvalue weighted by Gasteiger charge is 2.11. The van der Waals surface area contributed by atoms with Crippen molar-refractivity contribution in [3.05, 3.63) is 61.0 Å². The zero-order valence-electron chi connectivity index (χ0n) is 8.79. The van der Waals surface area contributed by atoms with Crippen LogP contribution in [0.5, 0.6) is 5.75 Å². The molecule has 0 amide bonds. The van der Waals surface area contributed by atoms with E-state index in [1.165, 1.54) is 0 Å². The summed E-state index contributed by atoms with van der Waals surface area (Å²) in [6.07, 6.45) is 0. The summed E-state index contributed by atoms with van der Waals surface area (Å²) in [5.41, 5.74) is 1.03. The fourth-order valence-corrected chi connectivity index (χ4v) is 2.37. The van der Waals surface area contributed by atoms with Crippen LogP contribution in [-0.4, -0.2) is 0 Å². The fourth-order valence-electron chi connectivity index (χ4n) is 1.37. The van der Waals surface area contributed by atoms with Crippen LogP contribution in [0.4, 0.5) is 4.39 Å². The average molecular weight is 454 g/mol. The van der Waals surface area contributed by atoms with Gasteiger partial charge in [-0.05, 0) is 62.9 Å². The van der Waals surface area contributed by atoms with Crippen LogP contribution < -0.4 is 4.74 Å². The van der Waals surface area contributed by atoms with Gasteiger partial charge in [0.25, 0.3) is 0 Å². The Morgan fingerprint density at radius 1 is 0.941 bits per heavy atom. The lowest BCUT2D eigenvalue weighted by Crippen LogP contribution is -2.00. The van der Waals surface area contributed by atoms with E-state index in [1.54, 1.807) is 6.07 Å². The van der Waals surface area contributed by atoms with Gasteiger partial charge in [0.05, 0.1) is 7.14 Å². The van der Waals surface area contributed by atoms with Gasteiger partial charge in [-0.2, -0.15) is 0 Å². The molecule has 1 nitrogen and oxygen atoms in total. The zero-order chi connectivity index (χ0) is 12.3. The van der Waals surface area contributed by atoms with Crippen molar-refractivity contribution in [1.29, 1.82) is 0 Å². The molecule has 0 atom stereocenters. The highest BCUT2D eigenvalue weighted by Crippen LogP contribution is 2.28. The first kappa shape index (κ1) is 13.1. The Balaban J connectivity index is 2.17. The summed E-state index contributed by atoms with van der Waals surface area (Å²) < 4.78 is 20.7. The van der Waals surface area contributed by atoms with E-state index in [-0.39, 0.29) is 5.82 Å². The molecular weight excluding hydrogens is 445 g/mol. The monoisotopic (exact) mass is 454 g/mol. The number of hydrogen-bond acceptors (Lipinski definition) is 1. The van der Waals surface area contributed by atoms with Gasteiger partial charge in [-0.3, -0.25) is 0 Å². The molecule has 0 radical (unpaired) electrons. The number of halogens is 3. The first-order valence-corrected chi connectivity index (χ1v) is 7.14. The summed E-state index contributed by atoms with van der Waals surface area (Å²) in [5, 5.41) is 0. The van der Waals surface area contributed by atoms with Gasteiger partial charge in [0, 0.05) is 0 Å². The summed E-state index contributed by atoms with van der Waals surface area (Å²) in [4.78, 5) is 0. The second-order valence-corrected chi connectivity index (χ2v) is 5.77. The molecule has 0 fully saturated rings. The molecule has 17 heavy (non-hydrogen) atoms. The van der Waals surface area contributed by atoms with Crippen LogP contribution in [0.3, 0.4) is 0 Å². The summed E-state index contributed by atoms with van der Waals surface area (Å²) in [5.74, 6) is 0.0507. The molecule has 0 aliphatic carbocycles. The lowest BCUT2D eigenvalue weighted by atomic mass is 10.2. The molecule has 0 aromatic heterocycles. The van der Waals surface area contributed by atoms with Crippen molar-refractivity contribution in [2.75, 3.05) is 0 Å². The minimum Gasteiger partial charge on any atom is -0.485 e. The van der Waals surface area contributed by atoms with Gasteiger partial charge in [-0.1, -0.05) is 30.3 Å². The normalized spacial score (nSPS) is 10.3. The Kier molecular flexibility index (Phi) is 4.61. The van der Waals surface area contributed by atoms with E-state index in [2.05, 4.69) is 22.6 Å². The predicted molar refractivity (Wildman–Crippen MR) is 82.6 cm³/mol. The van der Waals surface area contributed by atoms with E-state index in [1.807, 2.05) is 59.0 Å². The van der Waals surface area contributed by atoms with Crippen molar-refractivity contribution in [2.45, 2.75) is 6.61 Å². The van der Waals surface area contributed by atoms with Crippen molar-refractivity contribution in [1.82, 2.24) is 0 Å². The van der Waals surface area contributed by atoms with E-state index in [4.69, 9.17) is 4.74 Å². The molecule has 2 rings (SSSR count). The van der Waals surface area contributed by atoms with Gasteiger partial charge >= 0.3 is 0 Å². The second kappa shape index (κ2) is 5.99. The van der Waals surface area contributed by atoms with Crippen LogP contribution in [0.1, 0.15) is 5.56 Å². The highest BCUT2D eigenvalue weighted by molar-refractivity contribution is 14.1. The van der Waals surface area contributed by atoms with Gasteiger partial charge in [0.2, 0.25) is 0 Å². The van der Waals surface area contributed by atoms with Crippen LogP contribution in [0.2, 0.25) is 0 Å². The SMILES string of the molecule is Fc1c(I)ccc(I)c1OCc1ccccc1. The Morgan fingerprint density at radius 3 is 2.29 bits per heavy atom. The van der Waals surface area contributed by atoms with Gasteiger partial charge in [-0.15, -0.1) is 0 Å². The highest BCUT2D eigenvalue weighted by atomic mass is 127. The second-order valence-electron chi connectivity index (χ2n) is 3.45. The van der Waals surface area contributed by atoms with E-state index in [0.717, 1.165) is 9.13 Å². The summed E-state index contributed by atoms with van der Waals surface area (Å²) >= 11 is 4.04. The molecule has 2 aromatic rings. The molecule has 0 saturated carbocycles. The Hall–Kier alpha value is -0.370. The van der Waals surface area contributed by atoms with Crippen molar-refractivity contribution in [2.24, 2.45) is 0 Å². The van der Waals surface area contributed by atoms with Gasteiger partial charge in [-0.25, -0.2) is 4.39 Å². The quantitative estimate of drug-likeness (QED) is 0.487. The van der Waals surface area contributed by atoms with Crippen LogP contribution in [0, 0.1) is 13.0 Å². The minimum absolute atomic E-state index is 0.284. The summed E-state index contributed by atoms with van der Waals surface area (Å²) in [7, 11) is 0. The molecule has 0 N–H and O–H groups in total. The minimum atomic E-state index is -0.284. The Morgan fingerprint density at radius 2 is 1.59 bits per heavy atom. The molecule has 0 spiro atoms. The maximum atomic E-state index is 13.8. The topological polar surface area (TPSA) is 9.23 Å². The number of ether oxygens (including phenoxy) is 1. The van der Waals surface area contributed by atoms with Crippen molar-refractivity contribution in [3.8, 4) is 5.75 Å². The molecule has 2 aromatic carbocycles. The van der Waals surface area contributed by atoms with E-state index in [9.17, 15) is 4.39 Å². The van der Waals surface area contributed by atoms with E-state index >= 15 is 0 Å².